The van der Waals surface area contributed by atoms with Crippen LogP contribution in [0.1, 0.15) is 50.5 Å². The summed E-state index contributed by atoms with van der Waals surface area (Å²) in [5.74, 6) is 0.986. The van der Waals surface area contributed by atoms with Gasteiger partial charge in [-0.1, -0.05) is 43.4 Å². The Hall–Kier alpha value is -1.02. The van der Waals surface area contributed by atoms with Crippen LogP contribution in [0.25, 0.3) is 0 Å². The van der Waals surface area contributed by atoms with Crippen molar-refractivity contribution in [2.45, 2.75) is 57.9 Å². The Morgan fingerprint density at radius 1 is 1.05 bits per heavy atom. The van der Waals surface area contributed by atoms with Gasteiger partial charge in [-0.15, -0.1) is 0 Å². The molecule has 106 valence electrons. The van der Waals surface area contributed by atoms with Crippen LogP contribution in [0.3, 0.4) is 0 Å². The molecule has 0 amide bonds. The summed E-state index contributed by atoms with van der Waals surface area (Å²) >= 11 is 0. The highest BCUT2D eigenvalue weighted by molar-refractivity contribution is 5.26. The molecule has 0 unspecified atom stereocenters. The molecule has 1 aliphatic carbocycles. The molecule has 1 N–H and O–H groups in total. The molecule has 0 atom stereocenters. The van der Waals surface area contributed by atoms with Crippen molar-refractivity contribution in [1.29, 1.82) is 0 Å². The number of hydrogen-bond donors (Lipinski definition) is 1. The fraction of sp³-hybridized carbons (Fsp3) is 0.647. The maximum absolute atomic E-state index is 5.74. The van der Waals surface area contributed by atoms with Crippen molar-refractivity contribution in [3.05, 3.63) is 29.8 Å². The Bertz CT molecular complexity index is 339. The number of ether oxygens (including phenoxy) is 1. The summed E-state index contributed by atoms with van der Waals surface area (Å²) in [6.07, 6.45) is 9.46. The number of hydrogen-bond acceptors (Lipinski definition) is 2. The summed E-state index contributed by atoms with van der Waals surface area (Å²) in [6.45, 7) is 3.99. The first kappa shape index (κ1) is 14.4. The van der Waals surface area contributed by atoms with Crippen molar-refractivity contribution in [2.75, 3.05) is 13.2 Å². The summed E-state index contributed by atoms with van der Waals surface area (Å²) in [4.78, 5) is 0. The van der Waals surface area contributed by atoms with Crippen LogP contribution < -0.4 is 10.1 Å². The molecule has 2 rings (SSSR count). The monoisotopic (exact) mass is 261 g/mol. The van der Waals surface area contributed by atoms with Crippen LogP contribution in [0, 0.1) is 6.92 Å². The molecule has 2 nitrogen and oxygen atoms in total. The van der Waals surface area contributed by atoms with E-state index >= 15 is 0 Å². The second-order valence-corrected chi connectivity index (χ2v) is 5.66. The van der Waals surface area contributed by atoms with Gasteiger partial charge in [0.15, 0.2) is 0 Å². The molecule has 0 saturated heterocycles. The molecule has 1 aromatic carbocycles. The zero-order valence-electron chi connectivity index (χ0n) is 12.2. The van der Waals surface area contributed by atoms with Crippen molar-refractivity contribution >= 4 is 0 Å². The molecule has 2 heteroatoms. The quantitative estimate of drug-likeness (QED) is 0.615. The van der Waals surface area contributed by atoms with Gasteiger partial charge in [0.2, 0.25) is 0 Å². The summed E-state index contributed by atoms with van der Waals surface area (Å²) in [5.41, 5.74) is 1.28. The largest absolute Gasteiger partial charge is 0.494 e. The van der Waals surface area contributed by atoms with Gasteiger partial charge < -0.3 is 10.1 Å². The van der Waals surface area contributed by atoms with Gasteiger partial charge in [-0.25, -0.2) is 0 Å². The predicted molar refractivity (Wildman–Crippen MR) is 80.8 cm³/mol. The standard InChI is InChI=1S/C17H27NO/c1-15-9-11-17(12-10-15)19-14-6-13-18-16-7-4-2-3-5-8-16/h9-12,16,18H,2-8,13-14H2,1H3. The lowest BCUT2D eigenvalue weighted by Gasteiger charge is -2.16. The van der Waals surface area contributed by atoms with Crippen LogP contribution in [-0.4, -0.2) is 19.2 Å². The van der Waals surface area contributed by atoms with Gasteiger partial charge in [0.05, 0.1) is 6.61 Å². The number of benzene rings is 1. The fourth-order valence-electron chi connectivity index (χ4n) is 2.69. The fourth-order valence-corrected chi connectivity index (χ4v) is 2.69. The minimum atomic E-state index is 0.752. The molecule has 0 bridgehead atoms. The molecule has 19 heavy (non-hydrogen) atoms. The minimum Gasteiger partial charge on any atom is -0.494 e. The summed E-state index contributed by atoms with van der Waals surface area (Å²) < 4.78 is 5.74. The maximum atomic E-state index is 5.74. The van der Waals surface area contributed by atoms with E-state index in [4.69, 9.17) is 4.74 Å². The molecule has 1 saturated carbocycles. The van der Waals surface area contributed by atoms with E-state index < -0.39 is 0 Å². The molecule has 0 radical (unpaired) electrons. The third-order valence-corrected chi connectivity index (χ3v) is 3.90. The molecular weight excluding hydrogens is 234 g/mol. The lowest BCUT2D eigenvalue weighted by molar-refractivity contribution is 0.302. The highest BCUT2D eigenvalue weighted by atomic mass is 16.5. The summed E-state index contributed by atoms with van der Waals surface area (Å²) in [5, 5.41) is 3.68. The van der Waals surface area contributed by atoms with Crippen LogP contribution in [0.2, 0.25) is 0 Å². The Kier molecular flexibility index (Phi) is 6.22. The number of nitrogens with one attached hydrogen (secondary N) is 1. The molecule has 0 spiro atoms. The van der Waals surface area contributed by atoms with E-state index in [0.717, 1.165) is 31.4 Å². The molecular formula is C17H27NO. The second kappa shape index (κ2) is 8.21. The van der Waals surface area contributed by atoms with E-state index in [2.05, 4.69) is 24.4 Å². The lowest BCUT2D eigenvalue weighted by atomic mass is 10.1. The average Bonchev–Trinajstić information content (AvgIpc) is 2.69. The van der Waals surface area contributed by atoms with Crippen molar-refractivity contribution in [1.82, 2.24) is 5.32 Å². The Morgan fingerprint density at radius 3 is 2.42 bits per heavy atom. The van der Waals surface area contributed by atoms with Crippen molar-refractivity contribution in [3.63, 3.8) is 0 Å². The normalized spacial score (nSPS) is 17.1. The Morgan fingerprint density at radius 2 is 1.74 bits per heavy atom. The predicted octanol–water partition coefficient (Wildman–Crippen LogP) is 4.08. The van der Waals surface area contributed by atoms with Crippen molar-refractivity contribution < 1.29 is 4.74 Å². The van der Waals surface area contributed by atoms with Crippen LogP contribution in [0.15, 0.2) is 24.3 Å². The van der Waals surface area contributed by atoms with E-state index in [9.17, 15) is 0 Å². The van der Waals surface area contributed by atoms with Gasteiger partial charge in [0, 0.05) is 6.04 Å². The van der Waals surface area contributed by atoms with Crippen LogP contribution in [-0.2, 0) is 0 Å². The van der Waals surface area contributed by atoms with E-state index in [1.807, 2.05) is 12.1 Å². The molecule has 0 heterocycles. The summed E-state index contributed by atoms with van der Waals surface area (Å²) in [6, 6.07) is 9.04. The molecule has 1 fully saturated rings. The van der Waals surface area contributed by atoms with Crippen molar-refractivity contribution in [3.8, 4) is 5.75 Å². The highest BCUT2D eigenvalue weighted by Crippen LogP contribution is 2.17. The third-order valence-electron chi connectivity index (χ3n) is 3.90. The highest BCUT2D eigenvalue weighted by Gasteiger charge is 2.10. The molecule has 0 aliphatic heterocycles. The zero-order chi connectivity index (χ0) is 13.3. The van der Waals surface area contributed by atoms with E-state index in [1.54, 1.807) is 0 Å². The Balaban J connectivity index is 1.55. The molecule has 0 aromatic heterocycles. The first-order valence-corrected chi connectivity index (χ1v) is 7.77. The van der Waals surface area contributed by atoms with E-state index in [0.29, 0.717) is 0 Å². The van der Waals surface area contributed by atoms with Gasteiger partial charge >= 0.3 is 0 Å². The number of rotatable bonds is 6. The van der Waals surface area contributed by atoms with Gasteiger partial charge in [-0.05, 0) is 44.9 Å². The van der Waals surface area contributed by atoms with Gasteiger partial charge in [-0.3, -0.25) is 0 Å². The topological polar surface area (TPSA) is 21.3 Å². The van der Waals surface area contributed by atoms with Crippen LogP contribution >= 0.6 is 0 Å². The van der Waals surface area contributed by atoms with Crippen LogP contribution in [0.4, 0.5) is 0 Å². The average molecular weight is 261 g/mol. The summed E-state index contributed by atoms with van der Waals surface area (Å²) in [7, 11) is 0. The third kappa shape index (κ3) is 5.65. The smallest absolute Gasteiger partial charge is 0.119 e. The van der Waals surface area contributed by atoms with Crippen molar-refractivity contribution in [2.24, 2.45) is 0 Å². The Labute approximate surface area is 117 Å². The van der Waals surface area contributed by atoms with Gasteiger partial charge in [0.1, 0.15) is 5.75 Å². The van der Waals surface area contributed by atoms with Gasteiger partial charge in [-0.2, -0.15) is 0 Å². The van der Waals surface area contributed by atoms with E-state index in [-0.39, 0.29) is 0 Å². The minimum absolute atomic E-state index is 0.752. The van der Waals surface area contributed by atoms with E-state index in [1.165, 1.54) is 44.1 Å². The SMILES string of the molecule is Cc1ccc(OCCCNC2CCCCCC2)cc1. The lowest BCUT2D eigenvalue weighted by Crippen LogP contribution is -2.30. The molecule has 1 aliphatic rings. The van der Waals surface area contributed by atoms with Crippen LogP contribution in [0.5, 0.6) is 5.75 Å². The second-order valence-electron chi connectivity index (χ2n) is 5.66. The number of aryl methyl sites for hydroxylation is 1. The first-order valence-electron chi connectivity index (χ1n) is 7.77. The van der Waals surface area contributed by atoms with Gasteiger partial charge in [0.25, 0.3) is 0 Å². The molecule has 1 aromatic rings. The maximum Gasteiger partial charge on any atom is 0.119 e. The zero-order valence-corrected chi connectivity index (χ0v) is 12.2. The first-order chi connectivity index (χ1) is 9.34.